The zero-order chi connectivity index (χ0) is 14.8. The average molecular weight is 301 g/mol. The van der Waals surface area contributed by atoms with Gasteiger partial charge < -0.3 is 10.8 Å². The van der Waals surface area contributed by atoms with E-state index in [9.17, 15) is 9.90 Å². The minimum absolute atomic E-state index is 0.180. The van der Waals surface area contributed by atoms with Gasteiger partial charge in [0, 0.05) is 5.38 Å². The van der Waals surface area contributed by atoms with Crippen LogP contribution in [0.5, 0.6) is 0 Å². The number of rotatable bonds is 2. The molecule has 3 N–H and O–H groups in total. The fourth-order valence-corrected chi connectivity index (χ4v) is 3.11. The van der Waals surface area contributed by atoms with Crippen LogP contribution in [-0.2, 0) is 6.42 Å². The molecule has 1 atom stereocenters. The average Bonchev–Trinajstić information content (AvgIpc) is 2.89. The lowest BCUT2D eigenvalue weighted by Gasteiger charge is -2.33. The van der Waals surface area contributed by atoms with Crippen molar-refractivity contribution in [1.29, 1.82) is 0 Å². The highest BCUT2D eigenvalue weighted by Crippen LogP contribution is 2.31. The van der Waals surface area contributed by atoms with Crippen LogP contribution in [0, 0.1) is 0 Å². The molecule has 1 aromatic heterocycles. The summed E-state index contributed by atoms with van der Waals surface area (Å²) in [6.45, 7) is 0. The highest BCUT2D eigenvalue weighted by atomic mass is 32.1. The van der Waals surface area contributed by atoms with Crippen LogP contribution < -0.4 is 10.6 Å². The predicted octanol–water partition coefficient (Wildman–Crippen LogP) is 3.24. The van der Waals surface area contributed by atoms with E-state index in [0.29, 0.717) is 5.13 Å². The Morgan fingerprint density at radius 1 is 1.48 bits per heavy atom. The van der Waals surface area contributed by atoms with Crippen molar-refractivity contribution in [3.8, 4) is 0 Å². The van der Waals surface area contributed by atoms with Crippen LogP contribution >= 0.6 is 11.3 Å². The SMILES string of the molecule is Nc1nc(/C=C/C2CCc3ccccc3N2C(=O)O)cs1. The molecule has 1 aromatic carbocycles. The minimum atomic E-state index is -0.936. The third-order valence-electron chi connectivity index (χ3n) is 3.53. The van der Waals surface area contributed by atoms with Crippen LogP contribution in [0.3, 0.4) is 0 Å². The van der Waals surface area contributed by atoms with Gasteiger partial charge in [-0.05, 0) is 30.5 Å². The molecule has 0 saturated heterocycles. The summed E-state index contributed by atoms with van der Waals surface area (Å²) in [7, 11) is 0. The number of nitrogen functional groups attached to an aromatic ring is 1. The van der Waals surface area contributed by atoms with Crippen molar-refractivity contribution in [2.45, 2.75) is 18.9 Å². The van der Waals surface area contributed by atoms with Gasteiger partial charge in [0.1, 0.15) is 0 Å². The summed E-state index contributed by atoms with van der Waals surface area (Å²) >= 11 is 1.37. The fourth-order valence-electron chi connectivity index (χ4n) is 2.58. The lowest BCUT2D eigenvalue weighted by Crippen LogP contribution is -2.41. The predicted molar refractivity (Wildman–Crippen MR) is 84.6 cm³/mol. The van der Waals surface area contributed by atoms with Crippen molar-refractivity contribution in [3.63, 3.8) is 0 Å². The number of carbonyl (C=O) groups is 1. The lowest BCUT2D eigenvalue weighted by molar-refractivity contribution is 0.199. The van der Waals surface area contributed by atoms with Crippen LogP contribution in [0.25, 0.3) is 6.08 Å². The zero-order valence-electron chi connectivity index (χ0n) is 11.3. The van der Waals surface area contributed by atoms with E-state index >= 15 is 0 Å². The summed E-state index contributed by atoms with van der Waals surface area (Å²) in [5, 5.41) is 11.9. The number of carboxylic acid groups (broad SMARTS) is 1. The first kappa shape index (κ1) is 13.6. The molecule has 2 aromatic rings. The maximum atomic E-state index is 11.6. The monoisotopic (exact) mass is 301 g/mol. The fraction of sp³-hybridized carbons (Fsp3) is 0.200. The number of benzene rings is 1. The smallest absolute Gasteiger partial charge is 0.412 e. The minimum Gasteiger partial charge on any atom is -0.465 e. The highest BCUT2D eigenvalue weighted by molar-refractivity contribution is 7.13. The molecule has 0 saturated carbocycles. The molecule has 5 nitrogen and oxygen atoms in total. The van der Waals surface area contributed by atoms with E-state index in [1.54, 1.807) is 0 Å². The third kappa shape index (κ3) is 2.75. The number of thiazole rings is 1. The summed E-state index contributed by atoms with van der Waals surface area (Å²) in [5.41, 5.74) is 8.20. The first-order valence-corrected chi connectivity index (χ1v) is 7.52. The Hall–Kier alpha value is -2.34. The Kier molecular flexibility index (Phi) is 3.62. The Balaban J connectivity index is 1.89. The van der Waals surface area contributed by atoms with Crippen LogP contribution in [0.4, 0.5) is 15.6 Å². The number of hydrogen-bond acceptors (Lipinski definition) is 4. The number of aryl methyl sites for hydroxylation is 1. The van der Waals surface area contributed by atoms with Gasteiger partial charge in [0.05, 0.1) is 17.4 Å². The first-order chi connectivity index (χ1) is 10.1. The van der Waals surface area contributed by atoms with Crippen LogP contribution in [-0.4, -0.2) is 22.2 Å². The van der Waals surface area contributed by atoms with Gasteiger partial charge in [-0.3, -0.25) is 4.90 Å². The van der Waals surface area contributed by atoms with Crippen LogP contribution in [0.2, 0.25) is 0 Å². The van der Waals surface area contributed by atoms with Crippen molar-refractivity contribution in [2.24, 2.45) is 0 Å². The first-order valence-electron chi connectivity index (χ1n) is 6.64. The van der Waals surface area contributed by atoms with Gasteiger partial charge in [-0.2, -0.15) is 0 Å². The highest BCUT2D eigenvalue weighted by Gasteiger charge is 2.28. The van der Waals surface area contributed by atoms with Crippen LogP contribution in [0.1, 0.15) is 17.7 Å². The number of aromatic nitrogens is 1. The molecule has 1 amide bonds. The van der Waals surface area contributed by atoms with E-state index in [1.165, 1.54) is 16.2 Å². The Bertz CT molecular complexity index is 696. The molecule has 1 aliphatic heterocycles. The molecular weight excluding hydrogens is 286 g/mol. The Labute approximate surface area is 126 Å². The van der Waals surface area contributed by atoms with E-state index in [0.717, 1.165) is 29.8 Å². The largest absolute Gasteiger partial charge is 0.465 e. The van der Waals surface area contributed by atoms with Gasteiger partial charge in [0.15, 0.2) is 5.13 Å². The molecular formula is C15H15N3O2S. The molecule has 0 fully saturated rings. The summed E-state index contributed by atoms with van der Waals surface area (Å²) in [5.74, 6) is 0. The van der Waals surface area contributed by atoms with Gasteiger partial charge in [-0.25, -0.2) is 9.78 Å². The molecule has 0 bridgehead atoms. The quantitative estimate of drug-likeness (QED) is 0.892. The maximum absolute atomic E-state index is 11.6. The van der Waals surface area contributed by atoms with E-state index in [2.05, 4.69) is 4.98 Å². The number of anilines is 2. The molecule has 0 radical (unpaired) electrons. The van der Waals surface area contributed by atoms with Gasteiger partial charge in [0.2, 0.25) is 0 Å². The summed E-state index contributed by atoms with van der Waals surface area (Å²) in [4.78, 5) is 17.2. The normalized spacial score (nSPS) is 17.9. The Morgan fingerprint density at radius 3 is 3.00 bits per heavy atom. The van der Waals surface area contributed by atoms with Crippen molar-refractivity contribution in [2.75, 3.05) is 10.6 Å². The molecule has 21 heavy (non-hydrogen) atoms. The van der Waals surface area contributed by atoms with Gasteiger partial charge in [-0.15, -0.1) is 11.3 Å². The van der Waals surface area contributed by atoms with Crippen LogP contribution in [0.15, 0.2) is 35.7 Å². The summed E-state index contributed by atoms with van der Waals surface area (Å²) in [6.07, 6.45) is 4.42. The molecule has 0 aliphatic carbocycles. The number of nitrogens with zero attached hydrogens (tertiary/aromatic N) is 2. The molecule has 1 unspecified atom stereocenters. The second kappa shape index (κ2) is 5.57. The van der Waals surface area contributed by atoms with Gasteiger partial charge >= 0.3 is 6.09 Å². The van der Waals surface area contributed by atoms with E-state index in [4.69, 9.17) is 5.73 Å². The van der Waals surface area contributed by atoms with Crippen molar-refractivity contribution in [3.05, 3.63) is 47.0 Å². The topological polar surface area (TPSA) is 79.5 Å². The Morgan fingerprint density at radius 2 is 2.29 bits per heavy atom. The second-order valence-electron chi connectivity index (χ2n) is 4.86. The molecule has 2 heterocycles. The van der Waals surface area contributed by atoms with Gasteiger partial charge in [0.25, 0.3) is 0 Å². The van der Waals surface area contributed by atoms with Crippen molar-refractivity contribution < 1.29 is 9.90 Å². The van der Waals surface area contributed by atoms with Gasteiger partial charge in [-0.1, -0.05) is 24.3 Å². The maximum Gasteiger partial charge on any atom is 0.412 e. The number of para-hydroxylation sites is 1. The number of amides is 1. The lowest BCUT2D eigenvalue weighted by atomic mass is 9.96. The second-order valence-corrected chi connectivity index (χ2v) is 5.75. The molecule has 108 valence electrons. The summed E-state index contributed by atoms with van der Waals surface area (Å²) in [6, 6.07) is 7.45. The molecule has 3 rings (SSSR count). The van der Waals surface area contributed by atoms with E-state index < -0.39 is 6.09 Å². The van der Waals surface area contributed by atoms with Crippen molar-refractivity contribution >= 4 is 34.3 Å². The number of nitrogens with two attached hydrogens (primary N) is 1. The molecule has 0 spiro atoms. The van der Waals surface area contributed by atoms with E-state index in [1.807, 2.05) is 41.8 Å². The third-order valence-corrected chi connectivity index (χ3v) is 4.22. The zero-order valence-corrected chi connectivity index (χ0v) is 12.1. The number of hydrogen-bond donors (Lipinski definition) is 2. The summed E-state index contributed by atoms with van der Waals surface area (Å²) < 4.78 is 0. The van der Waals surface area contributed by atoms with Crippen molar-refractivity contribution in [1.82, 2.24) is 4.98 Å². The molecule has 6 heteroatoms. The van der Waals surface area contributed by atoms with E-state index in [-0.39, 0.29) is 6.04 Å². The molecule has 1 aliphatic rings. The standard InChI is InChI=1S/C15H15N3O2S/c16-14-17-11(9-21-14)6-8-12-7-5-10-3-1-2-4-13(10)18(12)15(19)20/h1-4,6,8-9,12H,5,7H2,(H2,16,17)(H,19,20)/b8-6+. The number of fused-ring (bicyclic) bond motifs is 1.